The van der Waals surface area contributed by atoms with Gasteiger partial charge in [0.25, 0.3) is 0 Å². The topological polar surface area (TPSA) is 40.5 Å². The number of carbonyl (C=O) groups is 1. The Balaban J connectivity index is 2.50. The Labute approximate surface area is 92.5 Å². The Morgan fingerprint density at radius 1 is 1.27 bits per heavy atom. The van der Waals surface area contributed by atoms with Gasteiger partial charge in [0.05, 0.1) is 12.0 Å². The summed E-state index contributed by atoms with van der Waals surface area (Å²) in [5.74, 6) is 0.105. The van der Waals surface area contributed by atoms with E-state index in [1.165, 1.54) is 19.3 Å². The first-order valence-corrected chi connectivity index (χ1v) is 5.93. The van der Waals surface area contributed by atoms with E-state index in [2.05, 4.69) is 0 Å². The summed E-state index contributed by atoms with van der Waals surface area (Å²) in [7, 11) is 3.48. The third-order valence-electron chi connectivity index (χ3n) is 3.48. The van der Waals surface area contributed by atoms with Crippen LogP contribution in [0.4, 0.5) is 0 Å². The molecule has 0 heterocycles. The minimum atomic E-state index is -0.458. The van der Waals surface area contributed by atoms with Gasteiger partial charge in [0, 0.05) is 14.1 Å². The quantitative estimate of drug-likeness (QED) is 0.774. The van der Waals surface area contributed by atoms with Gasteiger partial charge in [-0.2, -0.15) is 0 Å². The number of hydrogen-bond acceptors (Lipinski definition) is 2. The molecule has 1 fully saturated rings. The van der Waals surface area contributed by atoms with E-state index in [9.17, 15) is 9.90 Å². The molecule has 3 heteroatoms. The zero-order valence-corrected chi connectivity index (χ0v) is 10.1. The van der Waals surface area contributed by atoms with Crippen LogP contribution in [0.15, 0.2) is 0 Å². The van der Waals surface area contributed by atoms with Crippen molar-refractivity contribution >= 4 is 5.91 Å². The summed E-state index contributed by atoms with van der Waals surface area (Å²) in [4.78, 5) is 13.3. The number of aliphatic hydroxyl groups excluding tert-OH is 1. The fraction of sp³-hybridized carbons (Fsp3) is 0.917. The third kappa shape index (κ3) is 3.20. The molecule has 0 spiro atoms. The number of nitrogens with zero attached hydrogens (tertiary/aromatic N) is 1. The van der Waals surface area contributed by atoms with Gasteiger partial charge in [-0.05, 0) is 18.8 Å². The molecule has 1 N–H and O–H groups in total. The fourth-order valence-corrected chi connectivity index (χ4v) is 2.44. The smallest absolute Gasteiger partial charge is 0.227 e. The van der Waals surface area contributed by atoms with Crippen molar-refractivity contribution in [3.63, 3.8) is 0 Å². The molecule has 88 valence electrons. The minimum Gasteiger partial charge on any atom is -0.392 e. The maximum Gasteiger partial charge on any atom is 0.227 e. The molecule has 0 aliphatic heterocycles. The molecule has 0 radical (unpaired) electrons. The Hall–Kier alpha value is -0.570. The molecular formula is C12H23NO2. The van der Waals surface area contributed by atoms with Gasteiger partial charge in [-0.1, -0.05) is 26.2 Å². The second-order valence-electron chi connectivity index (χ2n) is 4.91. The largest absolute Gasteiger partial charge is 0.392 e. The molecule has 0 saturated heterocycles. The molecule has 1 aliphatic carbocycles. The second kappa shape index (κ2) is 5.50. The summed E-state index contributed by atoms with van der Waals surface area (Å²) >= 11 is 0. The molecule has 15 heavy (non-hydrogen) atoms. The molecule has 0 unspecified atom stereocenters. The van der Waals surface area contributed by atoms with Crippen molar-refractivity contribution in [1.29, 1.82) is 0 Å². The Bertz CT molecular complexity index is 210. The lowest BCUT2D eigenvalue weighted by atomic mass is 9.80. The standard InChI is InChI=1S/C12H23NO2/c1-9(12(15)13(2)3)11(14)10-7-5-4-6-8-10/h9-11,14H,4-8H2,1-3H3/t9-,11+/m1/s1. The highest BCUT2D eigenvalue weighted by Gasteiger charge is 2.30. The molecule has 0 bridgehead atoms. The van der Waals surface area contributed by atoms with Crippen molar-refractivity contribution in [1.82, 2.24) is 4.90 Å². The van der Waals surface area contributed by atoms with Crippen LogP contribution in [-0.4, -0.2) is 36.1 Å². The van der Waals surface area contributed by atoms with Gasteiger partial charge in [0.1, 0.15) is 0 Å². The van der Waals surface area contributed by atoms with Crippen LogP contribution in [0.3, 0.4) is 0 Å². The summed E-state index contributed by atoms with van der Waals surface area (Å²) in [5.41, 5.74) is 0. The van der Waals surface area contributed by atoms with Crippen LogP contribution in [0.5, 0.6) is 0 Å². The van der Waals surface area contributed by atoms with Gasteiger partial charge in [-0.25, -0.2) is 0 Å². The van der Waals surface area contributed by atoms with Crippen LogP contribution in [0, 0.1) is 11.8 Å². The zero-order valence-electron chi connectivity index (χ0n) is 10.1. The van der Waals surface area contributed by atoms with Crippen molar-refractivity contribution in [2.24, 2.45) is 11.8 Å². The zero-order chi connectivity index (χ0) is 11.4. The van der Waals surface area contributed by atoms with Crippen LogP contribution < -0.4 is 0 Å². The van der Waals surface area contributed by atoms with E-state index < -0.39 is 6.10 Å². The third-order valence-corrected chi connectivity index (χ3v) is 3.48. The van der Waals surface area contributed by atoms with Crippen LogP contribution in [0.2, 0.25) is 0 Å². The van der Waals surface area contributed by atoms with Gasteiger partial charge < -0.3 is 10.0 Å². The van der Waals surface area contributed by atoms with Gasteiger partial charge in [-0.3, -0.25) is 4.79 Å². The van der Waals surface area contributed by atoms with Gasteiger partial charge in [0.2, 0.25) is 5.91 Å². The van der Waals surface area contributed by atoms with Crippen molar-refractivity contribution in [3.05, 3.63) is 0 Å². The molecule has 1 amide bonds. The monoisotopic (exact) mass is 213 g/mol. The molecule has 0 aromatic carbocycles. The van der Waals surface area contributed by atoms with Crippen molar-refractivity contribution in [2.75, 3.05) is 14.1 Å². The normalized spacial score (nSPS) is 22.1. The molecule has 0 aromatic rings. The van der Waals surface area contributed by atoms with Gasteiger partial charge in [-0.15, -0.1) is 0 Å². The number of aliphatic hydroxyl groups is 1. The van der Waals surface area contributed by atoms with E-state index >= 15 is 0 Å². The lowest BCUT2D eigenvalue weighted by Gasteiger charge is -2.31. The Morgan fingerprint density at radius 2 is 1.80 bits per heavy atom. The van der Waals surface area contributed by atoms with Crippen molar-refractivity contribution in [2.45, 2.75) is 45.1 Å². The predicted octanol–water partition coefficient (Wildman–Crippen LogP) is 1.65. The van der Waals surface area contributed by atoms with Gasteiger partial charge in [0.15, 0.2) is 0 Å². The lowest BCUT2D eigenvalue weighted by Crippen LogP contribution is -2.39. The lowest BCUT2D eigenvalue weighted by molar-refractivity contribution is -0.137. The summed E-state index contributed by atoms with van der Waals surface area (Å²) < 4.78 is 0. The van der Waals surface area contributed by atoms with Crippen LogP contribution >= 0.6 is 0 Å². The molecule has 3 nitrogen and oxygen atoms in total. The number of rotatable bonds is 3. The van der Waals surface area contributed by atoms with Crippen LogP contribution in [-0.2, 0) is 4.79 Å². The highest BCUT2D eigenvalue weighted by molar-refractivity contribution is 5.78. The van der Waals surface area contributed by atoms with E-state index in [4.69, 9.17) is 0 Å². The van der Waals surface area contributed by atoms with E-state index in [-0.39, 0.29) is 11.8 Å². The summed E-state index contributed by atoms with van der Waals surface area (Å²) in [6.45, 7) is 1.83. The first kappa shape index (κ1) is 12.5. The van der Waals surface area contributed by atoms with Crippen LogP contribution in [0.25, 0.3) is 0 Å². The Kier molecular flexibility index (Phi) is 4.58. The fourth-order valence-electron chi connectivity index (χ4n) is 2.44. The minimum absolute atomic E-state index is 0.0353. The summed E-state index contributed by atoms with van der Waals surface area (Å²) in [5, 5.41) is 10.1. The molecular weight excluding hydrogens is 190 g/mol. The van der Waals surface area contributed by atoms with E-state index in [0.29, 0.717) is 5.92 Å². The number of amides is 1. The summed E-state index contributed by atoms with van der Waals surface area (Å²) in [6, 6.07) is 0. The van der Waals surface area contributed by atoms with E-state index in [0.717, 1.165) is 12.8 Å². The maximum atomic E-state index is 11.7. The van der Waals surface area contributed by atoms with E-state index in [1.807, 2.05) is 6.92 Å². The second-order valence-corrected chi connectivity index (χ2v) is 4.91. The average molecular weight is 213 g/mol. The van der Waals surface area contributed by atoms with Crippen LogP contribution in [0.1, 0.15) is 39.0 Å². The highest BCUT2D eigenvalue weighted by Crippen LogP contribution is 2.29. The molecule has 1 rings (SSSR count). The number of hydrogen-bond donors (Lipinski definition) is 1. The maximum absolute atomic E-state index is 11.7. The SMILES string of the molecule is C[C@@H](C(=O)N(C)C)[C@H](O)C1CCCCC1. The predicted molar refractivity (Wildman–Crippen MR) is 60.4 cm³/mol. The first-order valence-electron chi connectivity index (χ1n) is 5.93. The van der Waals surface area contributed by atoms with Gasteiger partial charge >= 0.3 is 0 Å². The van der Waals surface area contributed by atoms with Crippen molar-refractivity contribution in [3.8, 4) is 0 Å². The average Bonchev–Trinajstić information content (AvgIpc) is 2.27. The molecule has 2 atom stereocenters. The molecule has 0 aromatic heterocycles. The van der Waals surface area contributed by atoms with E-state index in [1.54, 1.807) is 19.0 Å². The first-order chi connectivity index (χ1) is 7.04. The molecule has 1 saturated carbocycles. The highest BCUT2D eigenvalue weighted by atomic mass is 16.3. The Morgan fingerprint density at radius 3 is 2.27 bits per heavy atom. The number of carbonyl (C=O) groups excluding carboxylic acids is 1. The van der Waals surface area contributed by atoms with Crippen molar-refractivity contribution < 1.29 is 9.90 Å². The molecule has 1 aliphatic rings. The summed E-state index contributed by atoms with van der Waals surface area (Å²) in [6.07, 6.45) is 5.37.